The van der Waals surface area contributed by atoms with Crippen molar-refractivity contribution in [3.8, 4) is 22.6 Å². The summed E-state index contributed by atoms with van der Waals surface area (Å²) in [6, 6.07) is 14.7. The zero-order chi connectivity index (χ0) is 18.5. The lowest BCUT2D eigenvalue weighted by molar-refractivity contribution is 0.341. The van der Waals surface area contributed by atoms with Crippen molar-refractivity contribution in [3.05, 3.63) is 57.5 Å². The molecule has 26 heavy (non-hydrogen) atoms. The molecule has 1 aromatic heterocycles. The molecule has 3 aromatic rings. The van der Waals surface area contributed by atoms with Crippen molar-refractivity contribution in [1.29, 1.82) is 0 Å². The van der Waals surface area contributed by atoms with Crippen molar-refractivity contribution in [1.82, 2.24) is 3.96 Å². The Bertz CT molecular complexity index is 1030. The quantitative estimate of drug-likeness (QED) is 0.538. The summed E-state index contributed by atoms with van der Waals surface area (Å²) in [4.78, 5) is 1.25. The molecule has 0 aliphatic carbocycles. The minimum absolute atomic E-state index is 0.219. The van der Waals surface area contributed by atoms with Gasteiger partial charge in [0.25, 0.3) is 0 Å². The van der Waals surface area contributed by atoms with E-state index >= 15 is 0 Å². The van der Waals surface area contributed by atoms with Crippen LogP contribution in [-0.2, 0) is 5.54 Å². The molecule has 0 spiro atoms. The lowest BCUT2D eigenvalue weighted by atomic mass is 9.89. The van der Waals surface area contributed by atoms with E-state index in [1.165, 1.54) is 10.4 Å². The van der Waals surface area contributed by atoms with E-state index in [0.717, 1.165) is 32.9 Å². The summed E-state index contributed by atoms with van der Waals surface area (Å²) < 4.78 is 8.87. The molecule has 0 radical (unpaired) electrons. The van der Waals surface area contributed by atoms with Gasteiger partial charge in [-0.25, -0.2) is 0 Å². The summed E-state index contributed by atoms with van der Waals surface area (Å²) in [5, 5.41) is 3.67. The van der Waals surface area contributed by atoms with Gasteiger partial charge in [-0.15, -0.1) is 0 Å². The molecule has 1 N–H and O–H groups in total. The number of ether oxygens (including phenoxy) is 1. The van der Waals surface area contributed by atoms with Gasteiger partial charge in [-0.3, -0.25) is 3.96 Å². The van der Waals surface area contributed by atoms with E-state index < -0.39 is 0 Å². The highest BCUT2D eigenvalue weighted by Gasteiger charge is 2.36. The number of benzene rings is 2. The largest absolute Gasteiger partial charge is 0.492 e. The smallest absolute Gasteiger partial charge is 0.143 e. The summed E-state index contributed by atoms with van der Waals surface area (Å²) >= 11 is 7.64. The predicted molar refractivity (Wildman–Crippen MR) is 112 cm³/mol. The molecule has 1 aliphatic rings. The second-order valence-corrected chi connectivity index (χ2v) is 8.43. The van der Waals surface area contributed by atoms with Crippen LogP contribution in [0.2, 0.25) is 0 Å². The van der Waals surface area contributed by atoms with Gasteiger partial charge in [0, 0.05) is 11.1 Å². The predicted octanol–water partition coefficient (Wildman–Crippen LogP) is 6.30. The van der Waals surface area contributed by atoms with Crippen molar-refractivity contribution < 1.29 is 4.74 Å². The molecule has 0 fully saturated rings. The zero-order valence-electron chi connectivity index (χ0n) is 15.4. The summed E-state index contributed by atoms with van der Waals surface area (Å²) in [5.74, 6) is 0.881. The van der Waals surface area contributed by atoms with Crippen LogP contribution in [0.4, 0.5) is 5.69 Å². The van der Waals surface area contributed by atoms with E-state index in [2.05, 4.69) is 60.4 Å². The SMILES string of the molecule is CCOc1cccc2c1NC(C)(C)c1sn(-c3ccc(C)cc3)c(=S)c1-2. The van der Waals surface area contributed by atoms with Crippen molar-refractivity contribution in [2.24, 2.45) is 0 Å². The third-order valence-electron chi connectivity index (χ3n) is 4.68. The molecule has 4 rings (SSSR count). The van der Waals surface area contributed by atoms with Crippen LogP contribution >= 0.6 is 23.8 Å². The first-order valence-electron chi connectivity index (χ1n) is 8.80. The zero-order valence-corrected chi connectivity index (χ0v) is 17.1. The van der Waals surface area contributed by atoms with E-state index in [1.807, 2.05) is 19.1 Å². The molecule has 0 saturated carbocycles. The maximum absolute atomic E-state index is 5.92. The van der Waals surface area contributed by atoms with Crippen LogP contribution in [0.3, 0.4) is 0 Å². The Morgan fingerprint density at radius 2 is 1.88 bits per heavy atom. The molecule has 134 valence electrons. The first-order valence-corrected chi connectivity index (χ1v) is 9.98. The first-order chi connectivity index (χ1) is 12.4. The van der Waals surface area contributed by atoms with Gasteiger partial charge in [-0.1, -0.05) is 53.6 Å². The molecular formula is C21H22N2OS2. The maximum atomic E-state index is 5.92. The molecular weight excluding hydrogens is 360 g/mol. The van der Waals surface area contributed by atoms with Gasteiger partial charge >= 0.3 is 0 Å². The fourth-order valence-electron chi connectivity index (χ4n) is 3.40. The Labute approximate surface area is 163 Å². The Morgan fingerprint density at radius 3 is 2.58 bits per heavy atom. The van der Waals surface area contributed by atoms with Crippen LogP contribution in [-0.4, -0.2) is 10.6 Å². The van der Waals surface area contributed by atoms with E-state index in [0.29, 0.717) is 6.61 Å². The van der Waals surface area contributed by atoms with E-state index in [4.69, 9.17) is 17.0 Å². The van der Waals surface area contributed by atoms with Crippen molar-refractivity contribution >= 4 is 29.4 Å². The van der Waals surface area contributed by atoms with Gasteiger partial charge in [0.05, 0.1) is 28.4 Å². The monoisotopic (exact) mass is 382 g/mol. The second kappa shape index (κ2) is 6.25. The molecule has 2 aromatic carbocycles. The number of hydrogen-bond donors (Lipinski definition) is 1. The molecule has 0 bridgehead atoms. The van der Waals surface area contributed by atoms with Crippen LogP contribution in [0.1, 0.15) is 31.2 Å². The number of anilines is 1. The van der Waals surface area contributed by atoms with Gasteiger partial charge in [0.2, 0.25) is 0 Å². The van der Waals surface area contributed by atoms with Crippen LogP contribution in [0.25, 0.3) is 16.8 Å². The van der Waals surface area contributed by atoms with Crippen molar-refractivity contribution in [2.45, 2.75) is 33.2 Å². The molecule has 3 nitrogen and oxygen atoms in total. The van der Waals surface area contributed by atoms with E-state index in [9.17, 15) is 0 Å². The van der Waals surface area contributed by atoms with Crippen LogP contribution in [0, 0.1) is 11.6 Å². The molecule has 0 saturated heterocycles. The highest BCUT2D eigenvalue weighted by Crippen LogP contribution is 2.50. The Kier molecular flexibility index (Phi) is 4.16. The third kappa shape index (κ3) is 2.66. The molecule has 0 unspecified atom stereocenters. The Morgan fingerprint density at radius 1 is 1.15 bits per heavy atom. The Balaban J connectivity index is 1.97. The highest BCUT2D eigenvalue weighted by molar-refractivity contribution is 7.71. The van der Waals surface area contributed by atoms with Gasteiger partial charge in [-0.05, 0) is 45.9 Å². The Hall–Kier alpha value is -2.11. The number of rotatable bonds is 3. The number of nitrogens with zero attached hydrogens (tertiary/aromatic N) is 1. The average Bonchev–Trinajstić information content (AvgIpc) is 2.96. The number of fused-ring (bicyclic) bond motifs is 3. The fraction of sp³-hybridized carbons (Fsp3) is 0.286. The van der Waals surface area contributed by atoms with Crippen molar-refractivity contribution in [3.63, 3.8) is 0 Å². The van der Waals surface area contributed by atoms with Gasteiger partial charge in [-0.2, -0.15) is 0 Å². The summed E-state index contributed by atoms with van der Waals surface area (Å²) in [7, 11) is 0. The lowest BCUT2D eigenvalue weighted by Gasteiger charge is -2.34. The van der Waals surface area contributed by atoms with Crippen LogP contribution in [0.15, 0.2) is 42.5 Å². The molecule has 2 heterocycles. The number of para-hydroxylation sites is 1. The van der Waals surface area contributed by atoms with Crippen LogP contribution < -0.4 is 10.1 Å². The van der Waals surface area contributed by atoms with Gasteiger partial charge < -0.3 is 10.1 Å². The molecule has 5 heteroatoms. The second-order valence-electron chi connectivity index (χ2n) is 7.09. The number of aryl methyl sites for hydroxylation is 1. The topological polar surface area (TPSA) is 26.2 Å². The number of aromatic nitrogens is 1. The normalized spacial score (nSPS) is 14.3. The van der Waals surface area contributed by atoms with Crippen molar-refractivity contribution in [2.75, 3.05) is 11.9 Å². The highest BCUT2D eigenvalue weighted by atomic mass is 32.1. The van der Waals surface area contributed by atoms with Gasteiger partial charge in [0.15, 0.2) is 0 Å². The average molecular weight is 383 g/mol. The summed E-state index contributed by atoms with van der Waals surface area (Å²) in [6.07, 6.45) is 0. The number of nitrogens with one attached hydrogen (secondary N) is 1. The van der Waals surface area contributed by atoms with Crippen LogP contribution in [0.5, 0.6) is 5.75 Å². The lowest BCUT2D eigenvalue weighted by Crippen LogP contribution is -2.30. The molecule has 1 aliphatic heterocycles. The third-order valence-corrected chi connectivity index (χ3v) is 6.65. The van der Waals surface area contributed by atoms with E-state index in [1.54, 1.807) is 11.5 Å². The van der Waals surface area contributed by atoms with Gasteiger partial charge in [0.1, 0.15) is 10.4 Å². The standard InChI is InChI=1S/C21H22N2OS2/c1-5-24-16-8-6-7-15-17-19(21(3,4)22-18(15)16)26-23(20(17)25)14-11-9-13(2)10-12-14/h6-12,22H,5H2,1-4H3. The molecule has 0 amide bonds. The number of hydrogen-bond acceptors (Lipinski definition) is 4. The maximum Gasteiger partial charge on any atom is 0.143 e. The summed E-state index contributed by atoms with van der Waals surface area (Å²) in [5.41, 5.74) is 5.44. The van der Waals surface area contributed by atoms with E-state index in [-0.39, 0.29) is 5.54 Å². The summed E-state index contributed by atoms with van der Waals surface area (Å²) in [6.45, 7) is 9.14. The molecule has 0 atom stereocenters. The fourth-order valence-corrected chi connectivity index (χ4v) is 5.06. The first kappa shape index (κ1) is 17.3. The minimum Gasteiger partial charge on any atom is -0.492 e. The minimum atomic E-state index is -0.219.